The van der Waals surface area contributed by atoms with Crippen LogP contribution in [-0.4, -0.2) is 40.1 Å². The van der Waals surface area contributed by atoms with Crippen LogP contribution >= 0.6 is 11.3 Å². The van der Waals surface area contributed by atoms with Crippen LogP contribution in [0.15, 0.2) is 24.7 Å². The van der Waals surface area contributed by atoms with Gasteiger partial charge in [-0.1, -0.05) is 0 Å². The predicted octanol–water partition coefficient (Wildman–Crippen LogP) is 2.61. The van der Waals surface area contributed by atoms with E-state index < -0.39 is 0 Å². The molecule has 0 fully saturated rings. The lowest BCUT2D eigenvalue weighted by Crippen LogP contribution is -2.28. The highest BCUT2D eigenvalue weighted by molar-refractivity contribution is 7.20. The molecule has 0 bridgehead atoms. The summed E-state index contributed by atoms with van der Waals surface area (Å²) in [5.74, 6) is 0.943. The number of anilines is 2. The molecule has 3 rings (SSSR count). The number of aromatic nitrogens is 3. The van der Waals surface area contributed by atoms with E-state index in [0.29, 0.717) is 35.4 Å². The summed E-state index contributed by atoms with van der Waals surface area (Å²) in [7, 11) is 0. The van der Waals surface area contributed by atoms with E-state index in [0.717, 1.165) is 15.8 Å². The third kappa shape index (κ3) is 4.15. The second-order valence-electron chi connectivity index (χ2n) is 6.15. The maximum atomic E-state index is 12.4. The van der Waals surface area contributed by atoms with E-state index in [9.17, 15) is 4.79 Å². The van der Waals surface area contributed by atoms with Crippen LogP contribution in [0.5, 0.6) is 5.88 Å². The Morgan fingerprint density at radius 3 is 2.89 bits per heavy atom. The first-order valence-corrected chi connectivity index (χ1v) is 9.44. The molecular weight excluding hydrogens is 364 g/mol. The Kier molecular flexibility index (Phi) is 5.82. The summed E-state index contributed by atoms with van der Waals surface area (Å²) in [4.78, 5) is 26.7. The summed E-state index contributed by atoms with van der Waals surface area (Å²) < 4.78 is 5.76. The van der Waals surface area contributed by atoms with Crippen LogP contribution in [0.25, 0.3) is 10.2 Å². The predicted molar refractivity (Wildman–Crippen MR) is 107 cm³/mol. The van der Waals surface area contributed by atoms with Crippen molar-refractivity contribution in [1.29, 1.82) is 0 Å². The summed E-state index contributed by atoms with van der Waals surface area (Å²) in [5.41, 5.74) is 6.99. The highest BCUT2D eigenvalue weighted by Gasteiger charge is 2.20. The monoisotopic (exact) mass is 386 g/mol. The zero-order chi connectivity index (χ0) is 19.4. The number of rotatable bonds is 7. The Morgan fingerprint density at radius 1 is 1.33 bits per heavy atom. The lowest BCUT2D eigenvalue weighted by Gasteiger charge is -2.14. The molecule has 0 spiro atoms. The van der Waals surface area contributed by atoms with E-state index in [1.165, 1.54) is 17.7 Å². The van der Waals surface area contributed by atoms with Crippen molar-refractivity contribution >= 4 is 39.0 Å². The fourth-order valence-corrected chi connectivity index (χ4v) is 3.64. The molecule has 0 aliphatic rings. The number of amides is 1. The summed E-state index contributed by atoms with van der Waals surface area (Å²) in [6.07, 6.45) is 3.14. The minimum absolute atomic E-state index is 0.00778. The van der Waals surface area contributed by atoms with Gasteiger partial charge in [-0.3, -0.25) is 4.79 Å². The van der Waals surface area contributed by atoms with Crippen molar-refractivity contribution in [2.75, 3.05) is 18.4 Å². The Bertz CT molecular complexity index is 956. The smallest absolute Gasteiger partial charge is 0.261 e. The number of nitrogens with two attached hydrogens (primary N) is 1. The molecule has 0 aliphatic heterocycles. The zero-order valence-electron chi connectivity index (χ0n) is 15.4. The van der Waals surface area contributed by atoms with Gasteiger partial charge in [-0.25, -0.2) is 15.0 Å². The van der Waals surface area contributed by atoms with Crippen molar-refractivity contribution in [1.82, 2.24) is 20.3 Å². The van der Waals surface area contributed by atoms with Crippen LogP contribution in [0.3, 0.4) is 0 Å². The molecule has 0 aromatic carbocycles. The van der Waals surface area contributed by atoms with Crippen LogP contribution in [0.1, 0.15) is 29.1 Å². The Hall–Kier alpha value is -2.78. The van der Waals surface area contributed by atoms with Crippen molar-refractivity contribution in [2.45, 2.75) is 26.9 Å². The first-order chi connectivity index (χ1) is 13.0. The number of aryl methyl sites for hydroxylation is 1. The van der Waals surface area contributed by atoms with Crippen molar-refractivity contribution in [2.24, 2.45) is 5.73 Å². The second-order valence-corrected chi connectivity index (χ2v) is 7.15. The van der Waals surface area contributed by atoms with Crippen molar-refractivity contribution in [3.63, 3.8) is 0 Å². The molecule has 0 atom stereocenters. The van der Waals surface area contributed by atoms with E-state index in [1.54, 1.807) is 6.20 Å². The summed E-state index contributed by atoms with van der Waals surface area (Å²) in [6.45, 7) is 6.59. The van der Waals surface area contributed by atoms with Gasteiger partial charge in [0.2, 0.25) is 5.88 Å². The van der Waals surface area contributed by atoms with Crippen LogP contribution in [-0.2, 0) is 0 Å². The van der Waals surface area contributed by atoms with E-state index in [4.69, 9.17) is 10.5 Å². The molecule has 27 heavy (non-hydrogen) atoms. The lowest BCUT2D eigenvalue weighted by atomic mass is 10.2. The van der Waals surface area contributed by atoms with Gasteiger partial charge in [0, 0.05) is 19.3 Å². The van der Waals surface area contributed by atoms with Gasteiger partial charge >= 0.3 is 0 Å². The molecule has 0 aliphatic carbocycles. The number of thiophene rings is 1. The van der Waals surface area contributed by atoms with Gasteiger partial charge in [0.1, 0.15) is 22.7 Å². The number of nitrogens with one attached hydrogen (secondary N) is 2. The molecule has 3 aromatic rings. The average molecular weight is 386 g/mol. The Labute approximate surface area is 161 Å². The number of fused-ring (bicyclic) bond motifs is 1. The first-order valence-electron chi connectivity index (χ1n) is 8.62. The molecule has 9 heteroatoms. The molecule has 8 nitrogen and oxygen atoms in total. The maximum Gasteiger partial charge on any atom is 0.261 e. The van der Waals surface area contributed by atoms with Gasteiger partial charge in [-0.05, 0) is 38.5 Å². The molecule has 3 heterocycles. The van der Waals surface area contributed by atoms with Crippen LogP contribution in [0.4, 0.5) is 11.5 Å². The fourth-order valence-electron chi connectivity index (χ4n) is 2.58. The minimum Gasteiger partial charge on any atom is -0.473 e. The second kappa shape index (κ2) is 8.28. The Morgan fingerprint density at radius 2 is 2.15 bits per heavy atom. The van der Waals surface area contributed by atoms with Gasteiger partial charge < -0.3 is 21.1 Å². The quantitative estimate of drug-likeness (QED) is 0.572. The topological polar surface area (TPSA) is 115 Å². The van der Waals surface area contributed by atoms with E-state index in [1.807, 2.05) is 32.9 Å². The molecule has 0 saturated heterocycles. The number of nitrogens with zero attached hydrogens (tertiary/aromatic N) is 3. The largest absolute Gasteiger partial charge is 0.473 e. The molecule has 1 amide bonds. The van der Waals surface area contributed by atoms with Crippen LogP contribution in [0.2, 0.25) is 0 Å². The number of hydrogen-bond acceptors (Lipinski definition) is 8. The zero-order valence-corrected chi connectivity index (χ0v) is 16.3. The summed E-state index contributed by atoms with van der Waals surface area (Å²) in [6, 6.07) is 3.69. The molecule has 0 saturated carbocycles. The maximum absolute atomic E-state index is 12.4. The molecule has 4 N–H and O–H groups in total. The highest BCUT2D eigenvalue weighted by Crippen LogP contribution is 2.35. The third-order valence-corrected chi connectivity index (χ3v) is 4.93. The normalized spacial score (nSPS) is 11.0. The van der Waals surface area contributed by atoms with E-state index in [2.05, 4.69) is 25.6 Å². The van der Waals surface area contributed by atoms with Crippen LogP contribution < -0.4 is 21.1 Å². The third-order valence-electron chi connectivity index (χ3n) is 3.73. The minimum atomic E-state index is -0.155. The van der Waals surface area contributed by atoms with Crippen LogP contribution in [0, 0.1) is 6.92 Å². The number of ether oxygens (including phenoxy) is 1. The molecule has 0 unspecified atom stereocenters. The van der Waals surface area contributed by atoms with E-state index in [-0.39, 0.29) is 12.0 Å². The molecule has 0 radical (unpaired) electrons. The number of pyridine rings is 1. The molecule has 142 valence electrons. The van der Waals surface area contributed by atoms with Gasteiger partial charge in [-0.15, -0.1) is 11.3 Å². The van der Waals surface area contributed by atoms with Crippen molar-refractivity contribution in [3.05, 3.63) is 35.1 Å². The lowest BCUT2D eigenvalue weighted by molar-refractivity contribution is 0.0958. The number of carbonyl (C=O) groups excluding carboxylic acids is 1. The summed E-state index contributed by atoms with van der Waals surface area (Å²) >= 11 is 1.33. The Balaban J connectivity index is 1.99. The van der Waals surface area contributed by atoms with Gasteiger partial charge in [0.15, 0.2) is 0 Å². The summed E-state index contributed by atoms with van der Waals surface area (Å²) in [5, 5.41) is 6.88. The standard InChI is InChI=1S/C18H22N6O2S/c1-10(2)26-17-12(5-4-7-21-17)24-15-13-11(3)14(16(25)20-8-6-19)27-18(13)23-9-22-15/h4-5,7,9-10H,6,8,19H2,1-3H3,(H,20,25)(H,22,23,24). The highest BCUT2D eigenvalue weighted by atomic mass is 32.1. The van der Waals surface area contributed by atoms with E-state index >= 15 is 0 Å². The number of hydrogen-bond donors (Lipinski definition) is 3. The number of carbonyl (C=O) groups is 1. The average Bonchev–Trinajstić information content (AvgIpc) is 2.99. The SMILES string of the molecule is Cc1c(C(=O)NCCN)sc2ncnc(Nc3cccnc3OC(C)C)c12. The first kappa shape index (κ1) is 19.0. The van der Waals surface area contributed by atoms with Gasteiger partial charge in [0.05, 0.1) is 16.4 Å². The van der Waals surface area contributed by atoms with Gasteiger partial charge in [-0.2, -0.15) is 0 Å². The fraction of sp³-hybridized carbons (Fsp3) is 0.333. The van der Waals surface area contributed by atoms with Gasteiger partial charge in [0.25, 0.3) is 5.91 Å². The van der Waals surface area contributed by atoms with Crippen molar-refractivity contribution < 1.29 is 9.53 Å². The molecule has 3 aromatic heterocycles. The molecular formula is C18H22N6O2S. The van der Waals surface area contributed by atoms with Crippen molar-refractivity contribution in [3.8, 4) is 5.88 Å².